The summed E-state index contributed by atoms with van der Waals surface area (Å²) >= 11 is 0. The van der Waals surface area contributed by atoms with Crippen LogP contribution in [0.3, 0.4) is 0 Å². The number of aromatic amines is 1. The molecule has 0 atom stereocenters. The minimum absolute atomic E-state index is 0.0189. The first-order chi connectivity index (χ1) is 9.63. The molecule has 2 aromatic heterocycles. The monoisotopic (exact) mass is 279 g/mol. The molecule has 0 radical (unpaired) electrons. The molecule has 0 aliphatic rings. The van der Waals surface area contributed by atoms with Crippen LogP contribution in [0.25, 0.3) is 11.2 Å². The summed E-state index contributed by atoms with van der Waals surface area (Å²) in [7, 11) is 0. The fourth-order valence-electron chi connectivity index (χ4n) is 1.69. The van der Waals surface area contributed by atoms with Crippen LogP contribution in [0.4, 0.5) is 19.1 Å². The van der Waals surface area contributed by atoms with Crippen LogP contribution >= 0.6 is 0 Å². The van der Waals surface area contributed by atoms with Crippen LogP contribution in [-0.2, 0) is 6.54 Å². The molecule has 0 amide bonds. The predicted octanol–water partition coefficient (Wildman–Crippen LogP) is 2.38. The number of H-pyrrole nitrogens is 1. The maximum absolute atomic E-state index is 13.4. The average Bonchev–Trinajstić information content (AvgIpc) is 2.89. The van der Waals surface area contributed by atoms with Crippen molar-refractivity contribution < 1.29 is 13.2 Å². The summed E-state index contributed by atoms with van der Waals surface area (Å²) in [5, 5.41) is 2.73. The molecule has 2 heterocycles. The van der Waals surface area contributed by atoms with Crippen molar-refractivity contribution in [2.45, 2.75) is 6.54 Å². The van der Waals surface area contributed by atoms with Gasteiger partial charge in [0, 0.05) is 18.2 Å². The number of nitrogens with one attached hydrogen (secondary N) is 2. The quantitative estimate of drug-likeness (QED) is 0.722. The first-order valence-corrected chi connectivity index (χ1v) is 5.67. The molecule has 0 spiro atoms. The van der Waals surface area contributed by atoms with Crippen LogP contribution in [0.2, 0.25) is 0 Å². The van der Waals surface area contributed by atoms with Gasteiger partial charge >= 0.3 is 0 Å². The molecule has 0 unspecified atom stereocenters. The van der Waals surface area contributed by atoms with E-state index >= 15 is 0 Å². The Morgan fingerprint density at radius 2 is 1.85 bits per heavy atom. The second kappa shape index (κ2) is 4.80. The lowest BCUT2D eigenvalue weighted by Gasteiger charge is -2.06. The van der Waals surface area contributed by atoms with Gasteiger partial charge < -0.3 is 10.3 Å². The number of nitrogens with zero attached hydrogens (tertiary/aromatic N) is 3. The number of fused-ring (bicyclic) bond motifs is 1. The Balaban J connectivity index is 1.80. The van der Waals surface area contributed by atoms with E-state index in [4.69, 9.17) is 0 Å². The standard InChI is InChI=1S/C12H8F3N5/c13-7-2-9(15)8(14)1-6(7)3-16-12-17-4-10-11(20-12)19-5-18-10/h1-2,4-5H,3H2,(H2,16,17,18,19,20). The lowest BCUT2D eigenvalue weighted by atomic mass is 10.2. The summed E-state index contributed by atoms with van der Waals surface area (Å²) < 4.78 is 39.3. The Morgan fingerprint density at radius 1 is 1.05 bits per heavy atom. The van der Waals surface area contributed by atoms with Crippen molar-refractivity contribution in [1.82, 2.24) is 19.9 Å². The maximum atomic E-state index is 13.4. The van der Waals surface area contributed by atoms with E-state index < -0.39 is 17.5 Å². The summed E-state index contributed by atoms with van der Waals surface area (Å²) in [5.74, 6) is -2.95. The molecule has 8 heteroatoms. The number of halogens is 3. The SMILES string of the molecule is Fc1cc(F)c(CNc2ncc3[nH]cnc3n2)cc1F. The molecule has 0 saturated carbocycles. The fourth-order valence-corrected chi connectivity index (χ4v) is 1.69. The van der Waals surface area contributed by atoms with Gasteiger partial charge in [-0.05, 0) is 6.07 Å². The van der Waals surface area contributed by atoms with Crippen molar-refractivity contribution in [2.24, 2.45) is 0 Å². The van der Waals surface area contributed by atoms with Gasteiger partial charge in [0.25, 0.3) is 0 Å². The van der Waals surface area contributed by atoms with Crippen molar-refractivity contribution in [3.8, 4) is 0 Å². The highest BCUT2D eigenvalue weighted by molar-refractivity contribution is 5.69. The Kier molecular flexibility index (Phi) is 2.97. The van der Waals surface area contributed by atoms with E-state index in [-0.39, 0.29) is 18.1 Å². The molecule has 3 aromatic rings. The molecule has 0 aliphatic heterocycles. The van der Waals surface area contributed by atoms with Crippen LogP contribution in [0.5, 0.6) is 0 Å². The largest absolute Gasteiger partial charge is 0.350 e. The molecule has 0 aliphatic carbocycles. The average molecular weight is 279 g/mol. The first-order valence-electron chi connectivity index (χ1n) is 5.67. The summed E-state index contributed by atoms with van der Waals surface area (Å²) in [6, 6.07) is 1.30. The van der Waals surface area contributed by atoms with E-state index in [1.807, 2.05) is 0 Å². The summed E-state index contributed by atoms with van der Waals surface area (Å²) in [6.07, 6.45) is 2.98. The number of aromatic nitrogens is 4. The fraction of sp³-hybridized carbons (Fsp3) is 0.0833. The molecule has 0 fully saturated rings. The van der Waals surface area contributed by atoms with Crippen molar-refractivity contribution in [3.63, 3.8) is 0 Å². The van der Waals surface area contributed by atoms with Gasteiger partial charge in [-0.25, -0.2) is 23.1 Å². The molecule has 20 heavy (non-hydrogen) atoms. The zero-order chi connectivity index (χ0) is 14.1. The summed E-state index contributed by atoms with van der Waals surface area (Å²) in [6.45, 7) is -0.0705. The number of rotatable bonds is 3. The zero-order valence-electron chi connectivity index (χ0n) is 9.99. The molecule has 2 N–H and O–H groups in total. The van der Waals surface area contributed by atoms with Gasteiger partial charge in [0.05, 0.1) is 12.5 Å². The second-order valence-electron chi connectivity index (χ2n) is 4.04. The van der Waals surface area contributed by atoms with Gasteiger partial charge in [0.2, 0.25) is 5.95 Å². The number of hydrogen-bond acceptors (Lipinski definition) is 4. The molecular formula is C12H8F3N5. The Morgan fingerprint density at radius 3 is 2.70 bits per heavy atom. The number of imidazole rings is 1. The highest BCUT2D eigenvalue weighted by Gasteiger charge is 2.10. The Bertz CT molecular complexity index is 771. The highest BCUT2D eigenvalue weighted by Crippen LogP contribution is 2.15. The van der Waals surface area contributed by atoms with Crippen molar-refractivity contribution >= 4 is 17.1 Å². The van der Waals surface area contributed by atoms with Crippen LogP contribution in [0, 0.1) is 17.5 Å². The third kappa shape index (κ3) is 2.27. The maximum Gasteiger partial charge on any atom is 0.225 e. The number of benzene rings is 1. The van der Waals surface area contributed by atoms with Crippen LogP contribution < -0.4 is 5.32 Å². The van der Waals surface area contributed by atoms with Gasteiger partial charge in [0.1, 0.15) is 11.3 Å². The Hall–Kier alpha value is -2.64. The van der Waals surface area contributed by atoms with Crippen LogP contribution in [0.15, 0.2) is 24.7 Å². The minimum atomic E-state index is -1.22. The molecule has 1 aromatic carbocycles. The topological polar surface area (TPSA) is 66.5 Å². The third-order valence-corrected chi connectivity index (χ3v) is 2.70. The molecule has 0 bridgehead atoms. The van der Waals surface area contributed by atoms with E-state index in [1.54, 1.807) is 0 Å². The zero-order valence-corrected chi connectivity index (χ0v) is 9.99. The smallest absolute Gasteiger partial charge is 0.225 e. The molecule has 3 rings (SSSR count). The van der Waals surface area contributed by atoms with Gasteiger partial charge in [-0.1, -0.05) is 0 Å². The molecule has 5 nitrogen and oxygen atoms in total. The Labute approximate surface area is 110 Å². The molecule has 0 saturated heterocycles. The van der Waals surface area contributed by atoms with E-state index in [9.17, 15) is 13.2 Å². The van der Waals surface area contributed by atoms with Crippen molar-refractivity contribution in [1.29, 1.82) is 0 Å². The highest BCUT2D eigenvalue weighted by atomic mass is 19.2. The van der Waals surface area contributed by atoms with E-state index in [1.165, 1.54) is 12.5 Å². The molecular weight excluding hydrogens is 271 g/mol. The van der Waals surface area contributed by atoms with Gasteiger partial charge in [-0.15, -0.1) is 0 Å². The van der Waals surface area contributed by atoms with Crippen molar-refractivity contribution in [2.75, 3.05) is 5.32 Å². The minimum Gasteiger partial charge on any atom is -0.350 e. The van der Waals surface area contributed by atoms with Crippen molar-refractivity contribution in [3.05, 3.63) is 47.7 Å². The third-order valence-electron chi connectivity index (χ3n) is 2.70. The number of anilines is 1. The molecule has 102 valence electrons. The van der Waals surface area contributed by atoms with Gasteiger partial charge in [0.15, 0.2) is 17.3 Å². The summed E-state index contributed by atoms with van der Waals surface area (Å²) in [5.41, 5.74) is 1.09. The second-order valence-corrected chi connectivity index (χ2v) is 4.04. The summed E-state index contributed by atoms with van der Waals surface area (Å²) in [4.78, 5) is 14.8. The van der Waals surface area contributed by atoms with E-state index in [2.05, 4.69) is 25.3 Å². The van der Waals surface area contributed by atoms with Crippen LogP contribution in [-0.4, -0.2) is 19.9 Å². The number of hydrogen-bond donors (Lipinski definition) is 2. The first kappa shape index (κ1) is 12.4. The van der Waals surface area contributed by atoms with E-state index in [0.29, 0.717) is 17.2 Å². The van der Waals surface area contributed by atoms with Gasteiger partial charge in [-0.3, -0.25) is 0 Å². The van der Waals surface area contributed by atoms with Crippen LogP contribution in [0.1, 0.15) is 5.56 Å². The predicted molar refractivity (Wildman–Crippen MR) is 65.3 cm³/mol. The lowest BCUT2D eigenvalue weighted by Crippen LogP contribution is -2.06. The normalized spacial score (nSPS) is 10.9. The van der Waals surface area contributed by atoms with Gasteiger partial charge in [-0.2, -0.15) is 4.98 Å². The van der Waals surface area contributed by atoms with E-state index in [0.717, 1.165) is 6.07 Å². The lowest BCUT2D eigenvalue weighted by molar-refractivity contribution is 0.490.